The first-order valence-electron chi connectivity index (χ1n) is 6.87. The van der Waals surface area contributed by atoms with Crippen molar-refractivity contribution in [2.45, 2.75) is 19.4 Å². The Labute approximate surface area is 115 Å². The molecule has 0 aliphatic carbocycles. The van der Waals surface area contributed by atoms with E-state index in [-0.39, 0.29) is 6.04 Å². The molecule has 0 spiro atoms. The van der Waals surface area contributed by atoms with Crippen molar-refractivity contribution in [3.8, 4) is 0 Å². The zero-order valence-corrected chi connectivity index (χ0v) is 11.5. The van der Waals surface area contributed by atoms with Crippen LogP contribution in [0, 0.1) is 6.92 Å². The summed E-state index contributed by atoms with van der Waals surface area (Å²) in [5, 5.41) is 3.61. The third-order valence-corrected chi connectivity index (χ3v) is 3.36. The minimum Gasteiger partial charge on any atom is -0.330 e. The first-order valence-corrected chi connectivity index (χ1v) is 6.87. The maximum Gasteiger partial charge on any atom is 0.0579 e. The third kappa shape index (κ3) is 3.66. The molecule has 100 valence electrons. The molecule has 2 nitrogen and oxygen atoms in total. The maximum atomic E-state index is 5.58. The topological polar surface area (TPSA) is 38.0 Å². The van der Waals surface area contributed by atoms with Crippen molar-refractivity contribution < 1.29 is 0 Å². The minimum atomic E-state index is 0.244. The first kappa shape index (κ1) is 13.8. The second-order valence-electron chi connectivity index (χ2n) is 4.80. The molecular formula is C17H22N2. The highest BCUT2D eigenvalue weighted by atomic mass is 14.9. The third-order valence-electron chi connectivity index (χ3n) is 3.36. The lowest BCUT2D eigenvalue weighted by Gasteiger charge is -2.21. The quantitative estimate of drug-likeness (QED) is 0.778. The molecule has 0 saturated heterocycles. The summed E-state index contributed by atoms with van der Waals surface area (Å²) in [6, 6.07) is 19.4. The van der Waals surface area contributed by atoms with Gasteiger partial charge in [-0.3, -0.25) is 0 Å². The van der Waals surface area contributed by atoms with E-state index >= 15 is 0 Å². The summed E-state index contributed by atoms with van der Waals surface area (Å²) in [5.74, 6) is 0. The van der Waals surface area contributed by atoms with E-state index in [1.54, 1.807) is 0 Å². The normalized spacial score (nSPS) is 12.3. The monoisotopic (exact) mass is 254 g/mol. The molecular weight excluding hydrogens is 232 g/mol. The highest BCUT2D eigenvalue weighted by Crippen LogP contribution is 2.24. The Hall–Kier alpha value is -1.64. The van der Waals surface area contributed by atoms with Gasteiger partial charge in [-0.25, -0.2) is 0 Å². The van der Waals surface area contributed by atoms with E-state index in [1.165, 1.54) is 16.7 Å². The molecule has 2 rings (SSSR count). The average molecular weight is 254 g/mol. The predicted octanol–water partition coefficient (Wildman–Crippen LogP) is 3.02. The molecule has 0 amide bonds. The SMILES string of the molecule is Cc1ccccc1C(NCCCN)c1ccccc1. The van der Waals surface area contributed by atoms with Crippen LogP contribution < -0.4 is 11.1 Å². The molecule has 1 unspecified atom stereocenters. The van der Waals surface area contributed by atoms with Crippen LogP contribution in [0.4, 0.5) is 0 Å². The van der Waals surface area contributed by atoms with E-state index in [4.69, 9.17) is 5.73 Å². The lowest BCUT2D eigenvalue weighted by molar-refractivity contribution is 0.585. The zero-order valence-electron chi connectivity index (χ0n) is 11.5. The Bertz CT molecular complexity index is 494. The molecule has 2 heteroatoms. The average Bonchev–Trinajstić information content (AvgIpc) is 2.46. The van der Waals surface area contributed by atoms with Crippen LogP contribution in [-0.4, -0.2) is 13.1 Å². The summed E-state index contributed by atoms with van der Waals surface area (Å²) in [6.07, 6.45) is 0.995. The van der Waals surface area contributed by atoms with Gasteiger partial charge in [-0.1, -0.05) is 54.6 Å². The largest absolute Gasteiger partial charge is 0.330 e. The summed E-state index contributed by atoms with van der Waals surface area (Å²) in [4.78, 5) is 0. The zero-order chi connectivity index (χ0) is 13.5. The minimum absolute atomic E-state index is 0.244. The predicted molar refractivity (Wildman–Crippen MR) is 81.1 cm³/mol. The maximum absolute atomic E-state index is 5.58. The van der Waals surface area contributed by atoms with Crippen molar-refractivity contribution in [1.82, 2.24) is 5.32 Å². The van der Waals surface area contributed by atoms with Crippen molar-refractivity contribution >= 4 is 0 Å². The molecule has 0 bridgehead atoms. The van der Waals surface area contributed by atoms with Crippen molar-refractivity contribution in [1.29, 1.82) is 0 Å². The number of hydrogen-bond acceptors (Lipinski definition) is 2. The molecule has 2 aromatic carbocycles. The Morgan fingerprint density at radius 1 is 1.00 bits per heavy atom. The van der Waals surface area contributed by atoms with E-state index < -0.39 is 0 Å². The molecule has 0 fully saturated rings. The summed E-state index contributed by atoms with van der Waals surface area (Å²) in [5.41, 5.74) is 9.54. The van der Waals surface area contributed by atoms with Crippen LogP contribution in [0.5, 0.6) is 0 Å². The van der Waals surface area contributed by atoms with Gasteiger partial charge in [0.2, 0.25) is 0 Å². The first-order chi connectivity index (χ1) is 9.33. The number of rotatable bonds is 6. The number of nitrogens with one attached hydrogen (secondary N) is 1. The molecule has 3 N–H and O–H groups in total. The van der Waals surface area contributed by atoms with Gasteiger partial charge in [0.15, 0.2) is 0 Å². The van der Waals surface area contributed by atoms with Crippen molar-refractivity contribution in [3.63, 3.8) is 0 Å². The van der Waals surface area contributed by atoms with Crippen LogP contribution in [0.2, 0.25) is 0 Å². The van der Waals surface area contributed by atoms with Crippen LogP contribution in [0.3, 0.4) is 0 Å². The molecule has 0 radical (unpaired) electrons. The summed E-state index contributed by atoms with van der Waals surface area (Å²) in [7, 11) is 0. The van der Waals surface area contributed by atoms with Gasteiger partial charge in [0.05, 0.1) is 6.04 Å². The standard InChI is InChI=1S/C17H22N2/c1-14-8-5-6-11-16(14)17(19-13-7-12-18)15-9-3-2-4-10-15/h2-6,8-11,17,19H,7,12-13,18H2,1H3. The van der Waals surface area contributed by atoms with Crippen LogP contribution in [-0.2, 0) is 0 Å². The van der Waals surface area contributed by atoms with Crippen molar-refractivity contribution in [2.75, 3.05) is 13.1 Å². The molecule has 0 aliphatic rings. The number of hydrogen-bond donors (Lipinski definition) is 2. The lowest BCUT2D eigenvalue weighted by Crippen LogP contribution is -2.25. The fraction of sp³-hybridized carbons (Fsp3) is 0.294. The van der Waals surface area contributed by atoms with Crippen LogP contribution in [0.25, 0.3) is 0 Å². The van der Waals surface area contributed by atoms with E-state index in [2.05, 4.69) is 66.8 Å². The Balaban J connectivity index is 2.27. The lowest BCUT2D eigenvalue weighted by atomic mass is 9.95. The number of benzene rings is 2. The fourth-order valence-corrected chi connectivity index (χ4v) is 2.31. The fourth-order valence-electron chi connectivity index (χ4n) is 2.31. The second kappa shape index (κ2) is 7.07. The summed E-state index contributed by atoms with van der Waals surface area (Å²) >= 11 is 0. The Kier molecular flexibility index (Phi) is 5.13. The van der Waals surface area contributed by atoms with Gasteiger partial charge in [0.1, 0.15) is 0 Å². The van der Waals surface area contributed by atoms with Crippen LogP contribution in [0.1, 0.15) is 29.2 Å². The summed E-state index contributed by atoms with van der Waals surface area (Å²) < 4.78 is 0. The highest BCUT2D eigenvalue weighted by molar-refractivity contribution is 5.36. The Morgan fingerprint density at radius 2 is 1.68 bits per heavy atom. The second-order valence-corrected chi connectivity index (χ2v) is 4.80. The van der Waals surface area contributed by atoms with Crippen molar-refractivity contribution in [2.24, 2.45) is 5.73 Å². The molecule has 19 heavy (non-hydrogen) atoms. The smallest absolute Gasteiger partial charge is 0.0579 e. The summed E-state index contributed by atoms with van der Waals surface area (Å²) in [6.45, 7) is 3.82. The molecule has 0 saturated carbocycles. The van der Waals surface area contributed by atoms with Gasteiger partial charge >= 0.3 is 0 Å². The van der Waals surface area contributed by atoms with Gasteiger partial charge in [-0.15, -0.1) is 0 Å². The van der Waals surface area contributed by atoms with Crippen molar-refractivity contribution in [3.05, 3.63) is 71.3 Å². The molecule has 2 aromatic rings. The highest BCUT2D eigenvalue weighted by Gasteiger charge is 2.14. The molecule has 0 aromatic heterocycles. The van der Waals surface area contributed by atoms with Gasteiger partial charge in [-0.2, -0.15) is 0 Å². The molecule has 1 atom stereocenters. The van der Waals surface area contributed by atoms with Gasteiger partial charge in [0, 0.05) is 0 Å². The van der Waals surface area contributed by atoms with E-state index in [0.29, 0.717) is 0 Å². The number of aryl methyl sites for hydroxylation is 1. The van der Waals surface area contributed by atoms with Gasteiger partial charge in [-0.05, 0) is 43.1 Å². The molecule has 0 aliphatic heterocycles. The van der Waals surface area contributed by atoms with E-state index in [9.17, 15) is 0 Å². The van der Waals surface area contributed by atoms with Crippen LogP contribution in [0.15, 0.2) is 54.6 Å². The van der Waals surface area contributed by atoms with Gasteiger partial charge < -0.3 is 11.1 Å². The number of nitrogens with two attached hydrogens (primary N) is 1. The molecule has 0 heterocycles. The van der Waals surface area contributed by atoms with Gasteiger partial charge in [0.25, 0.3) is 0 Å². The van der Waals surface area contributed by atoms with E-state index in [0.717, 1.165) is 19.5 Å². The van der Waals surface area contributed by atoms with Crippen LogP contribution >= 0.6 is 0 Å². The van der Waals surface area contributed by atoms with E-state index in [1.807, 2.05) is 0 Å². The Morgan fingerprint density at radius 3 is 2.37 bits per heavy atom.